The maximum Gasteiger partial charge on any atom is 0.0249 e. The van der Waals surface area contributed by atoms with Crippen LogP contribution in [0.4, 0.5) is 0 Å². The van der Waals surface area contributed by atoms with Crippen LogP contribution in [0.5, 0.6) is 0 Å². The molecule has 0 atom stereocenters. The van der Waals surface area contributed by atoms with Gasteiger partial charge in [0.05, 0.1) is 0 Å². The molecular weight excluding hydrogens is 384 g/mol. The van der Waals surface area contributed by atoms with E-state index >= 15 is 0 Å². The molecule has 0 bridgehead atoms. The van der Waals surface area contributed by atoms with Crippen LogP contribution in [0.15, 0.2) is 36.4 Å². The number of rotatable bonds is 10. The lowest BCUT2D eigenvalue weighted by Crippen LogP contribution is -2.17. The fourth-order valence-corrected chi connectivity index (χ4v) is 5.99. The molecule has 0 saturated heterocycles. The van der Waals surface area contributed by atoms with E-state index in [4.69, 9.17) is 0 Å². The van der Waals surface area contributed by atoms with E-state index in [1.165, 1.54) is 102 Å². The Morgan fingerprint density at radius 1 is 0.719 bits per heavy atom. The second-order valence-corrected chi connectivity index (χ2v) is 10.8. The van der Waals surface area contributed by atoms with Crippen LogP contribution in [0.3, 0.4) is 0 Å². The van der Waals surface area contributed by atoms with Crippen LogP contribution in [-0.4, -0.2) is 0 Å². The van der Waals surface area contributed by atoms with Crippen molar-refractivity contribution in [3.8, 4) is 11.8 Å². The first kappa shape index (κ1) is 25.1. The first-order valence-electron chi connectivity index (χ1n) is 14.0. The minimum atomic E-state index is 0.756. The van der Waals surface area contributed by atoms with Crippen molar-refractivity contribution in [2.75, 3.05) is 0 Å². The van der Waals surface area contributed by atoms with Crippen LogP contribution >= 0.6 is 0 Å². The molecule has 0 aromatic heterocycles. The van der Waals surface area contributed by atoms with Gasteiger partial charge < -0.3 is 0 Å². The molecule has 2 saturated carbocycles. The van der Waals surface area contributed by atoms with Crippen molar-refractivity contribution in [3.63, 3.8) is 0 Å². The lowest BCUT2D eigenvalue weighted by Gasteiger charge is -2.31. The zero-order chi connectivity index (χ0) is 22.4. The van der Waals surface area contributed by atoms with E-state index in [-0.39, 0.29) is 0 Å². The molecule has 0 spiro atoms. The highest BCUT2D eigenvalue weighted by Gasteiger charge is 2.24. The number of benzene rings is 1. The lowest BCUT2D eigenvalue weighted by molar-refractivity contribution is 0.219. The molecule has 0 heteroatoms. The topological polar surface area (TPSA) is 0 Å². The number of allylic oxidation sites excluding steroid dienone is 2. The van der Waals surface area contributed by atoms with Gasteiger partial charge in [0.25, 0.3) is 0 Å². The smallest absolute Gasteiger partial charge is 0.0249 e. The summed E-state index contributed by atoms with van der Waals surface area (Å²) in [4.78, 5) is 0. The van der Waals surface area contributed by atoms with Crippen molar-refractivity contribution < 1.29 is 0 Å². The molecule has 3 rings (SSSR count). The predicted octanol–water partition coefficient (Wildman–Crippen LogP) is 9.52. The Morgan fingerprint density at radius 3 is 1.91 bits per heavy atom. The SMILES string of the molecule is CCCCC[C@H]1CC[C@H](CCC2CCC(/C=C/C#Cc3ccc(CCC)cc3)CC2)CC1. The Hall–Kier alpha value is -1.48. The maximum absolute atomic E-state index is 3.30. The monoisotopic (exact) mass is 432 g/mol. The van der Waals surface area contributed by atoms with Gasteiger partial charge in [-0.2, -0.15) is 0 Å². The van der Waals surface area contributed by atoms with Gasteiger partial charge in [0, 0.05) is 5.56 Å². The van der Waals surface area contributed by atoms with Crippen molar-refractivity contribution in [2.24, 2.45) is 23.7 Å². The van der Waals surface area contributed by atoms with Gasteiger partial charge in [0.15, 0.2) is 0 Å². The molecule has 1 aromatic carbocycles. The third-order valence-electron chi connectivity index (χ3n) is 8.22. The number of aryl methyl sites for hydroxylation is 1. The maximum atomic E-state index is 3.30. The quantitative estimate of drug-likeness (QED) is 0.255. The third kappa shape index (κ3) is 9.17. The molecule has 0 amide bonds. The van der Waals surface area contributed by atoms with Crippen molar-refractivity contribution in [1.29, 1.82) is 0 Å². The van der Waals surface area contributed by atoms with Gasteiger partial charge in [0.1, 0.15) is 0 Å². The molecule has 0 heterocycles. The Balaban J connectivity index is 1.28. The van der Waals surface area contributed by atoms with Crippen LogP contribution < -0.4 is 0 Å². The molecule has 0 radical (unpaired) electrons. The normalized spacial score (nSPS) is 26.1. The molecule has 0 nitrogen and oxygen atoms in total. The molecule has 2 aliphatic rings. The van der Waals surface area contributed by atoms with E-state index in [0.29, 0.717) is 0 Å². The van der Waals surface area contributed by atoms with E-state index < -0.39 is 0 Å². The lowest BCUT2D eigenvalue weighted by atomic mass is 9.75. The average Bonchev–Trinajstić information content (AvgIpc) is 2.83. The van der Waals surface area contributed by atoms with Crippen LogP contribution in [0.2, 0.25) is 0 Å². The van der Waals surface area contributed by atoms with Crippen molar-refractivity contribution in [1.82, 2.24) is 0 Å². The van der Waals surface area contributed by atoms with Gasteiger partial charge in [-0.3, -0.25) is 0 Å². The van der Waals surface area contributed by atoms with E-state index in [1.54, 1.807) is 0 Å². The summed E-state index contributed by atoms with van der Waals surface area (Å²) in [6.07, 6.45) is 27.4. The first-order chi connectivity index (χ1) is 15.8. The molecule has 32 heavy (non-hydrogen) atoms. The number of hydrogen-bond acceptors (Lipinski definition) is 0. The Morgan fingerprint density at radius 2 is 1.31 bits per heavy atom. The minimum Gasteiger partial charge on any atom is -0.0730 e. The van der Waals surface area contributed by atoms with Crippen LogP contribution in [0, 0.1) is 35.5 Å². The van der Waals surface area contributed by atoms with E-state index in [2.05, 4.69) is 62.1 Å². The molecule has 2 aliphatic carbocycles. The zero-order valence-electron chi connectivity index (χ0n) is 21.1. The molecular formula is C32H48. The Kier molecular flexibility index (Phi) is 11.5. The highest BCUT2D eigenvalue weighted by Crippen LogP contribution is 2.38. The second kappa shape index (κ2) is 14.6. The van der Waals surface area contributed by atoms with Crippen molar-refractivity contribution >= 4 is 0 Å². The molecule has 0 unspecified atom stereocenters. The largest absolute Gasteiger partial charge is 0.0730 e. The van der Waals surface area contributed by atoms with Gasteiger partial charge in [-0.15, -0.1) is 0 Å². The van der Waals surface area contributed by atoms with Gasteiger partial charge in [-0.25, -0.2) is 0 Å². The van der Waals surface area contributed by atoms with Gasteiger partial charge in [-0.05, 0) is 79.5 Å². The van der Waals surface area contributed by atoms with Gasteiger partial charge in [-0.1, -0.05) is 115 Å². The Bertz CT molecular complexity index is 697. The highest BCUT2D eigenvalue weighted by atomic mass is 14.3. The van der Waals surface area contributed by atoms with Crippen molar-refractivity contribution in [2.45, 2.75) is 117 Å². The molecule has 176 valence electrons. The van der Waals surface area contributed by atoms with Crippen LogP contribution in [-0.2, 0) is 6.42 Å². The number of hydrogen-bond donors (Lipinski definition) is 0. The van der Waals surface area contributed by atoms with Gasteiger partial charge in [0.2, 0.25) is 0 Å². The predicted molar refractivity (Wildman–Crippen MR) is 141 cm³/mol. The standard InChI is InChI=1S/C32H48/c1-3-5-6-10-28-17-21-31(22-18-28)25-26-32-23-19-30(20-24-32)12-8-7-11-29-15-13-27(9-4-2)14-16-29/h8,12-16,28,30-32H,3-6,9-10,17-26H2,1-2H3/b12-8+/t28-,30?,31-,32?. The molecule has 1 aromatic rings. The molecule has 2 fully saturated rings. The van der Waals surface area contributed by atoms with E-state index in [9.17, 15) is 0 Å². The average molecular weight is 433 g/mol. The van der Waals surface area contributed by atoms with Crippen LogP contribution in [0.25, 0.3) is 0 Å². The Labute approximate surface area is 199 Å². The first-order valence-corrected chi connectivity index (χ1v) is 14.0. The summed E-state index contributed by atoms with van der Waals surface area (Å²) < 4.78 is 0. The third-order valence-corrected chi connectivity index (χ3v) is 8.22. The summed E-state index contributed by atoms with van der Waals surface area (Å²) in [6.45, 7) is 4.55. The summed E-state index contributed by atoms with van der Waals surface area (Å²) in [5.41, 5.74) is 2.55. The number of unbranched alkanes of at least 4 members (excludes halogenated alkanes) is 2. The zero-order valence-corrected chi connectivity index (χ0v) is 21.1. The highest BCUT2D eigenvalue weighted by molar-refractivity contribution is 5.38. The molecule has 0 N–H and O–H groups in total. The summed E-state index contributed by atoms with van der Waals surface area (Å²) in [5.74, 6) is 10.4. The van der Waals surface area contributed by atoms with E-state index in [1.807, 2.05) is 0 Å². The fourth-order valence-electron chi connectivity index (χ4n) is 5.99. The summed E-state index contributed by atoms with van der Waals surface area (Å²) >= 11 is 0. The van der Waals surface area contributed by atoms with Crippen LogP contribution in [0.1, 0.15) is 121 Å². The van der Waals surface area contributed by atoms with E-state index in [0.717, 1.165) is 35.7 Å². The summed E-state index contributed by atoms with van der Waals surface area (Å²) in [5, 5.41) is 0. The summed E-state index contributed by atoms with van der Waals surface area (Å²) in [6, 6.07) is 8.77. The minimum absolute atomic E-state index is 0.756. The van der Waals surface area contributed by atoms with Gasteiger partial charge >= 0.3 is 0 Å². The summed E-state index contributed by atoms with van der Waals surface area (Å²) in [7, 11) is 0. The second-order valence-electron chi connectivity index (χ2n) is 10.8. The fraction of sp³-hybridized carbons (Fsp3) is 0.688. The van der Waals surface area contributed by atoms with Crippen molar-refractivity contribution in [3.05, 3.63) is 47.5 Å². The molecule has 0 aliphatic heterocycles.